The summed E-state index contributed by atoms with van der Waals surface area (Å²) in [5.74, 6) is 0.408. The molecule has 1 aliphatic carbocycles. The number of benzene rings is 1. The lowest BCUT2D eigenvalue weighted by Crippen LogP contribution is -2.40. The molecular formula is C16H23NO. The van der Waals surface area contributed by atoms with Crippen LogP contribution in [0.4, 0.5) is 0 Å². The second-order valence-electron chi connectivity index (χ2n) is 5.96. The first-order valence-corrected chi connectivity index (χ1v) is 7.22. The molecule has 18 heavy (non-hydrogen) atoms. The largest absolute Gasteiger partial charge is 0.508 e. The molecule has 3 unspecified atom stereocenters. The Bertz CT molecular complexity index is 444. The summed E-state index contributed by atoms with van der Waals surface area (Å²) in [6, 6.07) is 9.30. The first-order chi connectivity index (χ1) is 8.67. The lowest BCUT2D eigenvalue weighted by molar-refractivity contribution is 0.202. The first-order valence-electron chi connectivity index (χ1n) is 7.22. The van der Waals surface area contributed by atoms with E-state index in [4.69, 9.17) is 0 Å². The van der Waals surface area contributed by atoms with Gasteiger partial charge in [0, 0.05) is 17.5 Å². The van der Waals surface area contributed by atoms with Crippen molar-refractivity contribution in [2.75, 3.05) is 6.54 Å². The molecule has 1 aromatic carbocycles. The van der Waals surface area contributed by atoms with Crippen LogP contribution in [0.5, 0.6) is 5.75 Å². The van der Waals surface area contributed by atoms with E-state index in [1.807, 2.05) is 12.1 Å². The van der Waals surface area contributed by atoms with Crippen molar-refractivity contribution >= 4 is 0 Å². The van der Waals surface area contributed by atoms with Crippen LogP contribution in [-0.2, 0) is 5.41 Å². The molecule has 0 amide bonds. The van der Waals surface area contributed by atoms with Crippen molar-refractivity contribution in [3.8, 4) is 5.75 Å². The summed E-state index contributed by atoms with van der Waals surface area (Å²) in [5, 5.41) is 9.76. The first kappa shape index (κ1) is 12.0. The van der Waals surface area contributed by atoms with E-state index in [1.54, 1.807) is 6.07 Å². The van der Waals surface area contributed by atoms with Crippen molar-refractivity contribution in [3.63, 3.8) is 0 Å². The fourth-order valence-corrected chi connectivity index (χ4v) is 4.42. The number of likely N-dealkylation sites (N-methyl/N-ethyl adjacent to an activating group) is 1. The van der Waals surface area contributed by atoms with Gasteiger partial charge in [0.25, 0.3) is 0 Å². The van der Waals surface area contributed by atoms with Crippen molar-refractivity contribution in [2.45, 2.75) is 57.0 Å². The Morgan fingerprint density at radius 3 is 3.00 bits per heavy atom. The highest BCUT2D eigenvalue weighted by Gasteiger charge is 2.52. The van der Waals surface area contributed by atoms with Gasteiger partial charge in [-0.2, -0.15) is 0 Å². The Hall–Kier alpha value is -1.02. The zero-order valence-corrected chi connectivity index (χ0v) is 11.4. The molecule has 2 aliphatic rings. The van der Waals surface area contributed by atoms with Gasteiger partial charge in [-0.1, -0.05) is 25.5 Å². The van der Waals surface area contributed by atoms with E-state index in [2.05, 4.69) is 24.8 Å². The molecule has 2 nitrogen and oxygen atoms in total. The molecule has 1 saturated heterocycles. The zero-order valence-electron chi connectivity index (χ0n) is 11.4. The highest BCUT2D eigenvalue weighted by atomic mass is 16.3. The molecule has 2 heteroatoms. The molecule has 0 aromatic heterocycles. The molecule has 1 heterocycles. The van der Waals surface area contributed by atoms with Crippen LogP contribution in [0.25, 0.3) is 0 Å². The number of nitrogens with zero attached hydrogens (tertiary/aromatic N) is 1. The molecule has 98 valence electrons. The molecule has 3 atom stereocenters. The van der Waals surface area contributed by atoms with Crippen molar-refractivity contribution in [1.82, 2.24) is 4.90 Å². The third-order valence-electron chi connectivity index (χ3n) is 5.31. The van der Waals surface area contributed by atoms with E-state index in [9.17, 15) is 5.11 Å². The van der Waals surface area contributed by atoms with E-state index in [0.29, 0.717) is 11.8 Å². The zero-order chi connectivity index (χ0) is 12.8. The minimum atomic E-state index is 0.275. The van der Waals surface area contributed by atoms with E-state index < -0.39 is 0 Å². The second-order valence-corrected chi connectivity index (χ2v) is 5.96. The van der Waals surface area contributed by atoms with Crippen LogP contribution in [-0.4, -0.2) is 28.6 Å². The van der Waals surface area contributed by atoms with Gasteiger partial charge in [-0.3, -0.25) is 4.90 Å². The molecular weight excluding hydrogens is 222 g/mol. The molecule has 0 radical (unpaired) electrons. The quantitative estimate of drug-likeness (QED) is 0.864. The van der Waals surface area contributed by atoms with Crippen molar-refractivity contribution in [2.24, 2.45) is 0 Å². The number of fused-ring (bicyclic) bond motifs is 2. The SMILES string of the molecule is CCN1C2CCCC(c3cccc(O)c3)(C2)C1C. The molecule has 1 aliphatic heterocycles. The Labute approximate surface area is 110 Å². The van der Waals surface area contributed by atoms with Crippen LogP contribution in [0.1, 0.15) is 45.1 Å². The predicted molar refractivity (Wildman–Crippen MR) is 73.9 cm³/mol. The Balaban J connectivity index is 2.03. The summed E-state index contributed by atoms with van der Waals surface area (Å²) in [4.78, 5) is 2.66. The minimum absolute atomic E-state index is 0.275. The van der Waals surface area contributed by atoms with Gasteiger partial charge < -0.3 is 5.11 Å². The highest BCUT2D eigenvalue weighted by molar-refractivity contribution is 5.36. The van der Waals surface area contributed by atoms with Gasteiger partial charge in [-0.25, -0.2) is 0 Å². The summed E-state index contributed by atoms with van der Waals surface area (Å²) < 4.78 is 0. The van der Waals surface area contributed by atoms with Crippen molar-refractivity contribution < 1.29 is 5.11 Å². The number of hydrogen-bond acceptors (Lipinski definition) is 2. The number of phenols is 1. The monoisotopic (exact) mass is 245 g/mol. The second kappa shape index (κ2) is 4.27. The predicted octanol–water partition coefficient (Wildman–Crippen LogP) is 3.30. The summed E-state index contributed by atoms with van der Waals surface area (Å²) in [6.45, 7) is 5.79. The molecule has 1 N–H and O–H groups in total. The summed E-state index contributed by atoms with van der Waals surface area (Å²) in [6.07, 6.45) is 5.20. The van der Waals surface area contributed by atoms with Gasteiger partial charge >= 0.3 is 0 Å². The van der Waals surface area contributed by atoms with Crippen LogP contribution >= 0.6 is 0 Å². The van der Waals surface area contributed by atoms with E-state index in [0.717, 1.165) is 12.6 Å². The van der Waals surface area contributed by atoms with Gasteiger partial charge in [-0.15, -0.1) is 0 Å². The number of aromatic hydroxyl groups is 1. The minimum Gasteiger partial charge on any atom is -0.508 e. The van der Waals surface area contributed by atoms with Gasteiger partial charge in [-0.05, 0) is 50.4 Å². The van der Waals surface area contributed by atoms with Crippen LogP contribution in [0.2, 0.25) is 0 Å². The third kappa shape index (κ3) is 1.58. The molecule has 0 spiro atoms. The van der Waals surface area contributed by atoms with Gasteiger partial charge in [0.2, 0.25) is 0 Å². The standard InChI is InChI=1S/C16H23NO/c1-3-17-12(2)16(9-5-7-14(17)11-16)13-6-4-8-15(18)10-13/h4,6,8,10,12,14,18H,3,5,7,9,11H2,1-2H3. The molecule has 2 fully saturated rings. The molecule has 1 saturated carbocycles. The Morgan fingerprint density at radius 2 is 2.28 bits per heavy atom. The van der Waals surface area contributed by atoms with Crippen molar-refractivity contribution in [3.05, 3.63) is 29.8 Å². The number of hydrogen-bond donors (Lipinski definition) is 1. The maximum atomic E-state index is 9.76. The Kier molecular flexibility index (Phi) is 2.86. The van der Waals surface area contributed by atoms with Crippen LogP contribution in [0.3, 0.4) is 0 Å². The smallest absolute Gasteiger partial charge is 0.115 e. The highest BCUT2D eigenvalue weighted by Crippen LogP contribution is 2.51. The van der Waals surface area contributed by atoms with Gasteiger partial charge in [0.15, 0.2) is 0 Å². The fraction of sp³-hybridized carbons (Fsp3) is 0.625. The number of phenolic OH excluding ortho intramolecular Hbond substituents is 1. The number of rotatable bonds is 2. The topological polar surface area (TPSA) is 23.5 Å². The van der Waals surface area contributed by atoms with Crippen molar-refractivity contribution in [1.29, 1.82) is 0 Å². The lowest BCUT2D eigenvalue weighted by atomic mass is 9.67. The third-order valence-corrected chi connectivity index (χ3v) is 5.31. The van der Waals surface area contributed by atoms with Crippen LogP contribution in [0, 0.1) is 0 Å². The maximum Gasteiger partial charge on any atom is 0.115 e. The average molecular weight is 245 g/mol. The Morgan fingerprint density at radius 1 is 1.44 bits per heavy atom. The van der Waals surface area contributed by atoms with Gasteiger partial charge in [0.1, 0.15) is 5.75 Å². The maximum absolute atomic E-state index is 9.76. The molecule has 3 rings (SSSR count). The van der Waals surface area contributed by atoms with E-state index in [1.165, 1.54) is 31.2 Å². The van der Waals surface area contributed by atoms with Crippen LogP contribution in [0.15, 0.2) is 24.3 Å². The summed E-state index contributed by atoms with van der Waals surface area (Å²) in [5.41, 5.74) is 1.62. The lowest BCUT2D eigenvalue weighted by Gasteiger charge is -2.36. The average Bonchev–Trinajstić information content (AvgIpc) is 2.58. The fourth-order valence-electron chi connectivity index (χ4n) is 4.42. The summed E-state index contributed by atoms with van der Waals surface area (Å²) in [7, 11) is 0. The molecule has 1 aromatic rings. The molecule has 2 bridgehead atoms. The van der Waals surface area contributed by atoms with Crippen LogP contribution < -0.4 is 0 Å². The van der Waals surface area contributed by atoms with Gasteiger partial charge in [0.05, 0.1) is 0 Å². The number of likely N-dealkylation sites (tertiary alicyclic amines) is 1. The van der Waals surface area contributed by atoms with E-state index >= 15 is 0 Å². The normalized spacial score (nSPS) is 35.9. The van der Waals surface area contributed by atoms with E-state index in [-0.39, 0.29) is 5.41 Å². The summed E-state index contributed by atoms with van der Waals surface area (Å²) >= 11 is 0.